The van der Waals surface area contributed by atoms with E-state index in [9.17, 15) is 0 Å². The van der Waals surface area contributed by atoms with Crippen LogP contribution in [0, 0.1) is 17.2 Å². The van der Waals surface area contributed by atoms with Crippen LogP contribution in [0.5, 0.6) is 0 Å². The highest BCUT2D eigenvalue weighted by Crippen LogP contribution is 2.11. The average molecular weight is 241 g/mol. The summed E-state index contributed by atoms with van der Waals surface area (Å²) < 4.78 is 2.01. The Morgan fingerprint density at radius 3 is 3.00 bits per heavy atom. The van der Waals surface area contributed by atoms with Gasteiger partial charge in [-0.05, 0) is 18.1 Å². The summed E-state index contributed by atoms with van der Waals surface area (Å²) >= 11 is 3.47. The van der Waals surface area contributed by atoms with Crippen molar-refractivity contribution in [2.75, 3.05) is 5.33 Å². The summed E-state index contributed by atoms with van der Waals surface area (Å²) in [7, 11) is 0. The number of aromatic nitrogens is 1. The molecule has 1 unspecified atom stereocenters. The highest BCUT2D eigenvalue weighted by atomic mass is 79.9. The van der Waals surface area contributed by atoms with E-state index in [0.29, 0.717) is 5.92 Å². The first-order valence-corrected chi connectivity index (χ1v) is 5.55. The van der Waals surface area contributed by atoms with E-state index >= 15 is 0 Å². The standard InChI is InChI=1S/C10H13BrN2/c1-2-9(6-11)8-13-5-3-4-10(13)7-12/h3-5,9H,2,6,8H2,1H3. The first kappa shape index (κ1) is 10.3. The van der Waals surface area contributed by atoms with Crippen LogP contribution in [0.15, 0.2) is 18.3 Å². The average Bonchev–Trinajstić information content (AvgIpc) is 2.61. The van der Waals surface area contributed by atoms with E-state index in [-0.39, 0.29) is 0 Å². The molecule has 0 spiro atoms. The summed E-state index contributed by atoms with van der Waals surface area (Å²) in [4.78, 5) is 0. The lowest BCUT2D eigenvalue weighted by Gasteiger charge is -2.12. The predicted molar refractivity (Wildman–Crippen MR) is 56.7 cm³/mol. The second-order valence-corrected chi connectivity index (χ2v) is 3.73. The van der Waals surface area contributed by atoms with Gasteiger partial charge in [0.2, 0.25) is 0 Å². The topological polar surface area (TPSA) is 28.7 Å². The molecular formula is C10H13BrN2. The lowest BCUT2D eigenvalue weighted by molar-refractivity contribution is 0.477. The van der Waals surface area contributed by atoms with E-state index in [1.807, 2.05) is 22.9 Å². The van der Waals surface area contributed by atoms with Gasteiger partial charge in [0, 0.05) is 18.1 Å². The van der Waals surface area contributed by atoms with E-state index in [1.165, 1.54) is 0 Å². The van der Waals surface area contributed by atoms with E-state index < -0.39 is 0 Å². The Morgan fingerprint density at radius 2 is 2.46 bits per heavy atom. The highest BCUT2D eigenvalue weighted by Gasteiger charge is 2.07. The Morgan fingerprint density at radius 1 is 1.69 bits per heavy atom. The van der Waals surface area contributed by atoms with Crippen molar-refractivity contribution in [2.45, 2.75) is 19.9 Å². The van der Waals surface area contributed by atoms with Gasteiger partial charge < -0.3 is 4.57 Å². The van der Waals surface area contributed by atoms with Gasteiger partial charge in [-0.15, -0.1) is 0 Å². The maximum Gasteiger partial charge on any atom is 0.120 e. The fourth-order valence-corrected chi connectivity index (χ4v) is 1.90. The molecule has 3 heteroatoms. The molecule has 0 radical (unpaired) electrons. The lowest BCUT2D eigenvalue weighted by Crippen LogP contribution is -2.11. The Hall–Kier alpha value is -0.750. The van der Waals surface area contributed by atoms with E-state index in [1.54, 1.807) is 0 Å². The quantitative estimate of drug-likeness (QED) is 0.745. The van der Waals surface area contributed by atoms with Crippen LogP contribution in [0.25, 0.3) is 0 Å². The van der Waals surface area contributed by atoms with E-state index in [4.69, 9.17) is 5.26 Å². The van der Waals surface area contributed by atoms with Crippen LogP contribution >= 0.6 is 15.9 Å². The van der Waals surface area contributed by atoms with Crippen molar-refractivity contribution in [1.29, 1.82) is 5.26 Å². The third kappa shape index (κ3) is 2.60. The van der Waals surface area contributed by atoms with Gasteiger partial charge in [-0.25, -0.2) is 0 Å². The van der Waals surface area contributed by atoms with Gasteiger partial charge in [0.25, 0.3) is 0 Å². The number of hydrogen-bond donors (Lipinski definition) is 0. The Labute approximate surface area is 87.3 Å². The van der Waals surface area contributed by atoms with Crippen molar-refractivity contribution >= 4 is 15.9 Å². The molecule has 0 amide bonds. The third-order valence-corrected chi connectivity index (χ3v) is 3.11. The molecule has 1 aromatic heterocycles. The highest BCUT2D eigenvalue weighted by molar-refractivity contribution is 9.09. The maximum absolute atomic E-state index is 8.78. The largest absolute Gasteiger partial charge is 0.339 e. The number of halogens is 1. The van der Waals surface area contributed by atoms with E-state index in [0.717, 1.165) is 24.0 Å². The monoisotopic (exact) mass is 240 g/mol. The van der Waals surface area contributed by atoms with Crippen molar-refractivity contribution in [3.63, 3.8) is 0 Å². The molecule has 0 aliphatic heterocycles. The molecule has 0 bridgehead atoms. The SMILES string of the molecule is CCC(CBr)Cn1cccc1C#N. The summed E-state index contributed by atoms with van der Waals surface area (Å²) in [5.41, 5.74) is 0.749. The van der Waals surface area contributed by atoms with Gasteiger partial charge in [0.15, 0.2) is 0 Å². The van der Waals surface area contributed by atoms with Crippen molar-refractivity contribution in [3.05, 3.63) is 24.0 Å². The smallest absolute Gasteiger partial charge is 0.120 e. The Bertz CT molecular complexity index is 294. The molecule has 1 aromatic rings. The number of alkyl halides is 1. The summed E-state index contributed by atoms with van der Waals surface area (Å²) in [6.45, 7) is 3.10. The van der Waals surface area contributed by atoms with Crippen LogP contribution in [-0.4, -0.2) is 9.90 Å². The molecule has 1 heterocycles. The van der Waals surface area contributed by atoms with Crippen molar-refractivity contribution in [1.82, 2.24) is 4.57 Å². The van der Waals surface area contributed by atoms with E-state index in [2.05, 4.69) is 28.9 Å². The van der Waals surface area contributed by atoms with Crippen LogP contribution in [0.1, 0.15) is 19.0 Å². The normalized spacial score (nSPS) is 12.4. The van der Waals surface area contributed by atoms with Crippen LogP contribution in [0.2, 0.25) is 0 Å². The molecular weight excluding hydrogens is 228 g/mol. The number of hydrogen-bond acceptors (Lipinski definition) is 1. The first-order chi connectivity index (χ1) is 6.31. The minimum Gasteiger partial charge on any atom is -0.339 e. The summed E-state index contributed by atoms with van der Waals surface area (Å²) in [5.74, 6) is 0.611. The maximum atomic E-state index is 8.78. The zero-order valence-corrected chi connectivity index (χ0v) is 9.29. The van der Waals surface area contributed by atoms with Crippen molar-refractivity contribution in [3.8, 4) is 6.07 Å². The van der Waals surface area contributed by atoms with Crippen LogP contribution in [0.3, 0.4) is 0 Å². The molecule has 0 fully saturated rings. The fourth-order valence-electron chi connectivity index (χ4n) is 1.24. The van der Waals surface area contributed by atoms with Crippen LogP contribution in [-0.2, 0) is 6.54 Å². The number of nitriles is 1. The predicted octanol–water partition coefficient (Wildman–Crippen LogP) is 2.78. The first-order valence-electron chi connectivity index (χ1n) is 4.43. The molecule has 0 N–H and O–H groups in total. The fraction of sp³-hybridized carbons (Fsp3) is 0.500. The molecule has 1 atom stereocenters. The molecule has 0 aliphatic carbocycles. The molecule has 0 saturated carbocycles. The Kier molecular flexibility index (Phi) is 4.04. The minimum atomic E-state index is 0.611. The zero-order chi connectivity index (χ0) is 9.68. The molecule has 1 rings (SSSR count). The van der Waals surface area contributed by atoms with Gasteiger partial charge >= 0.3 is 0 Å². The van der Waals surface area contributed by atoms with Gasteiger partial charge in [-0.3, -0.25) is 0 Å². The molecule has 0 saturated heterocycles. The molecule has 13 heavy (non-hydrogen) atoms. The molecule has 2 nitrogen and oxygen atoms in total. The summed E-state index contributed by atoms with van der Waals surface area (Å²) in [5, 5.41) is 9.78. The van der Waals surface area contributed by atoms with Crippen molar-refractivity contribution < 1.29 is 0 Å². The van der Waals surface area contributed by atoms with Gasteiger partial charge in [0.1, 0.15) is 11.8 Å². The van der Waals surface area contributed by atoms with Gasteiger partial charge in [-0.1, -0.05) is 29.3 Å². The second kappa shape index (κ2) is 5.08. The Balaban J connectivity index is 2.68. The molecule has 0 aromatic carbocycles. The van der Waals surface area contributed by atoms with Crippen LogP contribution in [0.4, 0.5) is 0 Å². The zero-order valence-electron chi connectivity index (χ0n) is 7.70. The second-order valence-electron chi connectivity index (χ2n) is 3.09. The van der Waals surface area contributed by atoms with Gasteiger partial charge in [0.05, 0.1) is 0 Å². The van der Waals surface area contributed by atoms with Crippen LogP contribution < -0.4 is 0 Å². The number of nitrogens with zero attached hydrogens (tertiary/aromatic N) is 2. The molecule has 70 valence electrons. The molecule has 0 aliphatic rings. The summed E-state index contributed by atoms with van der Waals surface area (Å²) in [6.07, 6.45) is 3.10. The van der Waals surface area contributed by atoms with Crippen molar-refractivity contribution in [2.24, 2.45) is 5.92 Å². The van der Waals surface area contributed by atoms with Gasteiger partial charge in [-0.2, -0.15) is 5.26 Å². The third-order valence-electron chi connectivity index (χ3n) is 2.19. The summed E-state index contributed by atoms with van der Waals surface area (Å²) in [6, 6.07) is 5.94. The lowest BCUT2D eigenvalue weighted by atomic mass is 10.1. The number of rotatable bonds is 4. The minimum absolute atomic E-state index is 0.611.